The third-order valence-corrected chi connectivity index (χ3v) is 6.52. The van der Waals surface area contributed by atoms with Gasteiger partial charge in [0.2, 0.25) is 5.91 Å². The molecule has 3 heterocycles. The average molecular weight is 574 g/mol. The van der Waals surface area contributed by atoms with Crippen molar-refractivity contribution in [2.24, 2.45) is 4.99 Å². The molecular weight excluding hydrogens is 544 g/mol. The Hall–Kier alpha value is -1.15. The monoisotopic (exact) mass is 574 g/mol. The zero-order valence-corrected chi connectivity index (χ0v) is 21.0. The number of hydrogen-bond donors (Lipinski definition) is 1. The van der Waals surface area contributed by atoms with E-state index >= 15 is 0 Å². The van der Waals surface area contributed by atoms with Crippen LogP contribution in [0.1, 0.15) is 30.5 Å². The molecule has 176 valence electrons. The maximum Gasteiger partial charge on any atom is 0.434 e. The highest BCUT2D eigenvalue weighted by Crippen LogP contribution is 2.30. The molecule has 0 spiro atoms. The standard InChI is InChI=1S/C19H29F3N6OS.HI/c1-14(17(29)27-7-3-4-8-27)26-9-11-28(12-10-26)18(23-2)24-6-5-16-25-15(13-30-16)19(20,21)22;/h13-14H,3-12H2,1-2H3,(H,23,24);1H. The minimum Gasteiger partial charge on any atom is -0.356 e. The smallest absolute Gasteiger partial charge is 0.356 e. The maximum absolute atomic E-state index is 12.7. The molecule has 1 aromatic rings. The van der Waals surface area contributed by atoms with Gasteiger partial charge in [0.1, 0.15) is 0 Å². The average Bonchev–Trinajstić information content (AvgIpc) is 3.42. The second-order valence-electron chi connectivity index (χ2n) is 7.58. The van der Waals surface area contributed by atoms with Crippen molar-refractivity contribution in [2.45, 2.75) is 38.4 Å². The summed E-state index contributed by atoms with van der Waals surface area (Å²) in [7, 11) is 1.69. The van der Waals surface area contributed by atoms with E-state index in [0.717, 1.165) is 74.8 Å². The molecule has 2 saturated heterocycles. The lowest BCUT2D eigenvalue weighted by atomic mass is 10.2. The van der Waals surface area contributed by atoms with Crippen LogP contribution >= 0.6 is 35.3 Å². The van der Waals surface area contributed by atoms with Crippen LogP contribution in [0.2, 0.25) is 0 Å². The number of guanidine groups is 1. The van der Waals surface area contributed by atoms with Crippen LogP contribution in [-0.4, -0.2) is 90.5 Å². The van der Waals surface area contributed by atoms with Crippen molar-refractivity contribution in [2.75, 3.05) is 52.9 Å². The van der Waals surface area contributed by atoms with Gasteiger partial charge in [0.15, 0.2) is 11.7 Å². The molecule has 1 aromatic heterocycles. The Morgan fingerprint density at radius 3 is 2.39 bits per heavy atom. The summed E-state index contributed by atoms with van der Waals surface area (Å²) in [5.74, 6) is 0.936. The first-order valence-electron chi connectivity index (χ1n) is 10.3. The van der Waals surface area contributed by atoms with E-state index in [2.05, 4.69) is 25.1 Å². The van der Waals surface area contributed by atoms with Gasteiger partial charge in [-0.1, -0.05) is 0 Å². The molecule has 0 aromatic carbocycles. The van der Waals surface area contributed by atoms with Crippen molar-refractivity contribution in [1.29, 1.82) is 0 Å². The zero-order valence-electron chi connectivity index (χ0n) is 17.8. The van der Waals surface area contributed by atoms with Gasteiger partial charge in [0.05, 0.1) is 11.0 Å². The number of likely N-dealkylation sites (tertiary alicyclic amines) is 1. The number of amides is 1. The van der Waals surface area contributed by atoms with Crippen molar-refractivity contribution >= 4 is 47.2 Å². The molecule has 12 heteroatoms. The number of thiazole rings is 1. The number of nitrogens with one attached hydrogen (secondary N) is 1. The molecule has 2 aliphatic heterocycles. The van der Waals surface area contributed by atoms with Crippen LogP contribution in [0.3, 0.4) is 0 Å². The van der Waals surface area contributed by atoms with E-state index in [1.165, 1.54) is 0 Å². The van der Waals surface area contributed by atoms with Crippen LogP contribution in [0.5, 0.6) is 0 Å². The van der Waals surface area contributed by atoms with E-state index in [1.54, 1.807) is 7.05 Å². The van der Waals surface area contributed by atoms with Gasteiger partial charge in [-0.05, 0) is 19.8 Å². The lowest BCUT2D eigenvalue weighted by molar-refractivity contribution is -0.140. The quantitative estimate of drug-likeness (QED) is 0.333. The molecule has 31 heavy (non-hydrogen) atoms. The molecule has 0 saturated carbocycles. The minimum absolute atomic E-state index is 0. The van der Waals surface area contributed by atoms with Crippen molar-refractivity contribution in [3.8, 4) is 0 Å². The Morgan fingerprint density at radius 1 is 1.19 bits per heavy atom. The summed E-state index contributed by atoms with van der Waals surface area (Å²) in [5, 5.41) is 4.71. The van der Waals surface area contributed by atoms with Gasteiger partial charge >= 0.3 is 6.18 Å². The molecule has 0 bridgehead atoms. The Balaban J connectivity index is 0.00000341. The van der Waals surface area contributed by atoms with Gasteiger partial charge in [0.25, 0.3) is 0 Å². The third-order valence-electron chi connectivity index (χ3n) is 5.61. The van der Waals surface area contributed by atoms with Crippen molar-refractivity contribution in [3.63, 3.8) is 0 Å². The number of nitrogens with zero attached hydrogens (tertiary/aromatic N) is 5. The number of halogens is 4. The lowest BCUT2D eigenvalue weighted by Crippen LogP contribution is -2.57. The lowest BCUT2D eigenvalue weighted by Gasteiger charge is -2.39. The predicted octanol–water partition coefficient (Wildman–Crippen LogP) is 2.53. The number of piperazine rings is 1. The predicted molar refractivity (Wildman–Crippen MR) is 126 cm³/mol. The number of carbonyl (C=O) groups excluding carboxylic acids is 1. The Labute approximate surface area is 202 Å². The number of aromatic nitrogens is 1. The molecule has 0 aliphatic carbocycles. The van der Waals surface area contributed by atoms with Crippen LogP contribution in [-0.2, 0) is 17.4 Å². The topological polar surface area (TPSA) is 64.1 Å². The van der Waals surface area contributed by atoms with Crippen LogP contribution < -0.4 is 5.32 Å². The Kier molecular flexibility index (Phi) is 9.80. The fraction of sp³-hybridized carbons (Fsp3) is 0.737. The van der Waals surface area contributed by atoms with Crippen LogP contribution in [0.15, 0.2) is 10.4 Å². The third kappa shape index (κ3) is 6.91. The fourth-order valence-corrected chi connectivity index (χ4v) is 4.65. The first-order chi connectivity index (χ1) is 14.3. The minimum atomic E-state index is -4.40. The zero-order chi connectivity index (χ0) is 21.7. The van der Waals surface area contributed by atoms with E-state index in [-0.39, 0.29) is 35.9 Å². The Bertz CT molecular complexity index is 745. The summed E-state index contributed by atoms with van der Waals surface area (Å²) < 4.78 is 38.0. The molecular formula is C19H30F3IN6OS. The highest BCUT2D eigenvalue weighted by atomic mass is 127. The SMILES string of the molecule is CN=C(NCCc1nc(C(F)(F)F)cs1)N1CCN(C(C)C(=O)N2CCCC2)CC1.I. The maximum atomic E-state index is 12.7. The van der Waals surface area contributed by atoms with Gasteiger partial charge in [-0.2, -0.15) is 13.2 Å². The number of carbonyl (C=O) groups is 1. The van der Waals surface area contributed by atoms with Gasteiger partial charge in [-0.3, -0.25) is 14.7 Å². The number of hydrogen-bond acceptors (Lipinski definition) is 5. The molecule has 0 radical (unpaired) electrons. The summed E-state index contributed by atoms with van der Waals surface area (Å²) >= 11 is 1.02. The number of aliphatic imine (C=N–C) groups is 1. The summed E-state index contributed by atoms with van der Waals surface area (Å²) in [6.07, 6.45) is -1.81. The van der Waals surface area contributed by atoms with Crippen molar-refractivity contribution in [3.05, 3.63) is 16.1 Å². The van der Waals surface area contributed by atoms with E-state index in [0.29, 0.717) is 18.0 Å². The number of alkyl halides is 3. The normalized spacial score (nSPS) is 19.3. The van der Waals surface area contributed by atoms with Crippen LogP contribution in [0.25, 0.3) is 0 Å². The molecule has 2 fully saturated rings. The first kappa shape index (κ1) is 26.1. The highest BCUT2D eigenvalue weighted by molar-refractivity contribution is 14.0. The van der Waals surface area contributed by atoms with Crippen LogP contribution in [0, 0.1) is 0 Å². The van der Waals surface area contributed by atoms with Gasteiger partial charge in [-0.15, -0.1) is 35.3 Å². The molecule has 7 nitrogen and oxygen atoms in total. The largest absolute Gasteiger partial charge is 0.434 e. The van der Waals surface area contributed by atoms with Crippen molar-refractivity contribution in [1.82, 2.24) is 25.0 Å². The molecule has 1 atom stereocenters. The summed E-state index contributed by atoms with van der Waals surface area (Å²) in [6, 6.07) is -0.118. The summed E-state index contributed by atoms with van der Waals surface area (Å²) in [5.41, 5.74) is -0.833. The van der Waals surface area contributed by atoms with Gasteiger partial charge in [-0.25, -0.2) is 4.98 Å². The van der Waals surface area contributed by atoms with Gasteiger partial charge in [0, 0.05) is 64.7 Å². The number of rotatable bonds is 5. The van der Waals surface area contributed by atoms with E-state index in [1.807, 2.05) is 11.8 Å². The Morgan fingerprint density at radius 2 is 1.84 bits per heavy atom. The second-order valence-corrected chi connectivity index (χ2v) is 8.52. The van der Waals surface area contributed by atoms with E-state index in [9.17, 15) is 18.0 Å². The second kappa shape index (κ2) is 11.6. The summed E-state index contributed by atoms with van der Waals surface area (Å²) in [4.78, 5) is 26.8. The van der Waals surface area contributed by atoms with Crippen molar-refractivity contribution < 1.29 is 18.0 Å². The summed E-state index contributed by atoms with van der Waals surface area (Å²) in [6.45, 7) is 7.19. The fourth-order valence-electron chi connectivity index (χ4n) is 3.85. The van der Waals surface area contributed by atoms with E-state index < -0.39 is 11.9 Å². The van der Waals surface area contributed by atoms with E-state index in [4.69, 9.17) is 0 Å². The molecule has 3 rings (SSSR count). The first-order valence-corrected chi connectivity index (χ1v) is 11.2. The van der Waals surface area contributed by atoms with Gasteiger partial charge < -0.3 is 15.1 Å². The van der Waals surface area contributed by atoms with Crippen LogP contribution in [0.4, 0.5) is 13.2 Å². The molecule has 1 unspecified atom stereocenters. The molecule has 2 aliphatic rings. The molecule has 1 amide bonds. The molecule has 1 N–H and O–H groups in total. The highest BCUT2D eigenvalue weighted by Gasteiger charge is 2.34.